The molecule has 7 heteroatoms. The van der Waals surface area contributed by atoms with Crippen LogP contribution in [0.2, 0.25) is 0 Å². The van der Waals surface area contributed by atoms with Gasteiger partial charge in [-0.3, -0.25) is 24.2 Å². The van der Waals surface area contributed by atoms with Crippen LogP contribution in [0.25, 0.3) is 0 Å². The van der Waals surface area contributed by atoms with E-state index in [4.69, 9.17) is 4.74 Å². The minimum atomic E-state index is -0.328. The average molecular weight is 462 g/mol. The third kappa shape index (κ3) is 4.63. The van der Waals surface area contributed by atoms with Gasteiger partial charge in [0.25, 0.3) is 17.7 Å². The van der Waals surface area contributed by atoms with Crippen molar-refractivity contribution in [3.8, 4) is 0 Å². The predicted molar refractivity (Wildman–Crippen MR) is 128 cm³/mol. The average Bonchev–Trinajstić information content (AvgIpc) is 3.36. The number of carbonyl (C=O) groups excluding carboxylic acids is 3. The Kier molecular flexibility index (Phi) is 6.48. The van der Waals surface area contributed by atoms with Crippen LogP contribution in [0.15, 0.2) is 42.5 Å². The lowest BCUT2D eigenvalue weighted by molar-refractivity contribution is 0.0475. The Morgan fingerprint density at radius 1 is 0.941 bits per heavy atom. The zero-order chi connectivity index (χ0) is 23.7. The Labute approximate surface area is 200 Å². The topological polar surface area (TPSA) is 70.2 Å². The van der Waals surface area contributed by atoms with Crippen LogP contribution in [-0.4, -0.2) is 77.9 Å². The highest BCUT2D eigenvalue weighted by Gasteiger charge is 2.38. The molecule has 2 saturated heterocycles. The summed E-state index contributed by atoms with van der Waals surface area (Å²) in [5.74, 6) is -0.709. The molecule has 2 fully saturated rings. The molecule has 0 spiro atoms. The van der Waals surface area contributed by atoms with Crippen molar-refractivity contribution in [1.29, 1.82) is 0 Å². The van der Waals surface area contributed by atoms with E-state index >= 15 is 0 Å². The Hall–Kier alpha value is -3.03. The molecule has 0 radical (unpaired) electrons. The number of hydrogen-bond acceptors (Lipinski definition) is 5. The van der Waals surface area contributed by atoms with E-state index < -0.39 is 0 Å². The molecule has 0 bridgehead atoms. The fraction of sp³-hybridized carbons (Fsp3) is 0.444. The fourth-order valence-electron chi connectivity index (χ4n) is 5.05. The van der Waals surface area contributed by atoms with E-state index in [1.54, 1.807) is 18.2 Å². The van der Waals surface area contributed by atoms with Gasteiger partial charge in [-0.2, -0.15) is 0 Å². The van der Waals surface area contributed by atoms with Gasteiger partial charge in [0.2, 0.25) is 0 Å². The molecule has 0 aromatic heterocycles. The number of benzene rings is 2. The number of aryl methyl sites for hydroxylation is 1. The van der Waals surface area contributed by atoms with Crippen LogP contribution in [0.4, 0.5) is 0 Å². The maximum atomic E-state index is 13.3. The van der Waals surface area contributed by atoms with Crippen LogP contribution >= 0.6 is 0 Å². The second kappa shape index (κ2) is 9.68. The van der Waals surface area contributed by atoms with Crippen molar-refractivity contribution in [2.24, 2.45) is 0 Å². The number of fused-ring (bicyclic) bond motifs is 1. The van der Waals surface area contributed by atoms with Gasteiger partial charge in [0.05, 0.1) is 23.8 Å². The van der Waals surface area contributed by atoms with E-state index in [0.29, 0.717) is 36.4 Å². The number of amides is 3. The van der Waals surface area contributed by atoms with Gasteiger partial charge in [-0.25, -0.2) is 0 Å². The first kappa shape index (κ1) is 22.7. The Bertz CT molecular complexity index is 1090. The van der Waals surface area contributed by atoms with Gasteiger partial charge in [0.15, 0.2) is 0 Å². The largest absolute Gasteiger partial charge is 0.376 e. The highest BCUT2D eigenvalue weighted by Crippen LogP contribution is 2.26. The Morgan fingerprint density at radius 2 is 1.74 bits per heavy atom. The molecule has 1 atom stereocenters. The summed E-state index contributed by atoms with van der Waals surface area (Å²) in [6.07, 6.45) is 2.61. The van der Waals surface area contributed by atoms with E-state index in [-0.39, 0.29) is 30.4 Å². The van der Waals surface area contributed by atoms with Crippen molar-refractivity contribution in [2.75, 3.05) is 39.3 Å². The summed E-state index contributed by atoms with van der Waals surface area (Å²) in [6.45, 7) is 6.97. The van der Waals surface area contributed by atoms with Gasteiger partial charge in [-0.15, -0.1) is 0 Å². The molecule has 0 saturated carbocycles. The SMILES string of the molecule is Cc1ccc(CN2CCCN(C(=O)c3ccc4c(c3)C(=O)N(CC3CCCO3)C4=O)CC2)cc1. The predicted octanol–water partition coefficient (Wildman–Crippen LogP) is 3.12. The van der Waals surface area contributed by atoms with E-state index in [9.17, 15) is 14.4 Å². The van der Waals surface area contributed by atoms with E-state index in [2.05, 4.69) is 36.1 Å². The van der Waals surface area contributed by atoms with Gasteiger partial charge in [-0.05, 0) is 49.9 Å². The highest BCUT2D eigenvalue weighted by atomic mass is 16.5. The fourth-order valence-corrected chi connectivity index (χ4v) is 5.05. The second-order valence-corrected chi connectivity index (χ2v) is 9.52. The molecule has 178 valence electrons. The van der Waals surface area contributed by atoms with Gasteiger partial charge >= 0.3 is 0 Å². The van der Waals surface area contributed by atoms with Crippen molar-refractivity contribution in [3.05, 3.63) is 70.3 Å². The third-order valence-electron chi connectivity index (χ3n) is 7.03. The first-order chi connectivity index (χ1) is 16.5. The summed E-state index contributed by atoms with van der Waals surface area (Å²) in [6, 6.07) is 13.5. The van der Waals surface area contributed by atoms with Crippen LogP contribution in [0.5, 0.6) is 0 Å². The Morgan fingerprint density at radius 3 is 2.50 bits per heavy atom. The number of hydrogen-bond donors (Lipinski definition) is 0. The van der Waals surface area contributed by atoms with Crippen LogP contribution in [0, 0.1) is 6.92 Å². The molecule has 5 rings (SSSR count). The molecular weight excluding hydrogens is 430 g/mol. The molecule has 0 aliphatic carbocycles. The van der Waals surface area contributed by atoms with Gasteiger partial charge in [0, 0.05) is 44.9 Å². The number of ether oxygens (including phenoxy) is 1. The van der Waals surface area contributed by atoms with Gasteiger partial charge < -0.3 is 9.64 Å². The molecule has 2 aromatic carbocycles. The number of imide groups is 1. The standard InChI is InChI=1S/C27H31N3O4/c1-19-5-7-20(8-6-19)17-28-11-3-12-29(14-13-28)25(31)21-9-10-23-24(16-21)27(33)30(26(23)32)18-22-4-2-15-34-22/h5-10,16,22H,2-4,11-15,17-18H2,1H3. The quantitative estimate of drug-likeness (QED) is 0.640. The summed E-state index contributed by atoms with van der Waals surface area (Å²) >= 11 is 0. The molecule has 3 aliphatic heterocycles. The minimum Gasteiger partial charge on any atom is -0.376 e. The molecule has 1 unspecified atom stereocenters. The molecule has 0 N–H and O–H groups in total. The lowest BCUT2D eigenvalue weighted by Gasteiger charge is -2.22. The maximum absolute atomic E-state index is 13.3. The number of rotatable bonds is 5. The van der Waals surface area contributed by atoms with Crippen molar-refractivity contribution in [2.45, 2.75) is 38.8 Å². The number of nitrogens with zero attached hydrogens (tertiary/aromatic N) is 3. The van der Waals surface area contributed by atoms with Crippen molar-refractivity contribution < 1.29 is 19.1 Å². The first-order valence-electron chi connectivity index (χ1n) is 12.2. The van der Waals surface area contributed by atoms with Gasteiger partial charge in [-0.1, -0.05) is 29.8 Å². The summed E-state index contributed by atoms with van der Waals surface area (Å²) < 4.78 is 5.60. The molecule has 34 heavy (non-hydrogen) atoms. The van der Waals surface area contributed by atoms with Crippen LogP contribution in [0.3, 0.4) is 0 Å². The van der Waals surface area contributed by atoms with E-state index in [1.165, 1.54) is 16.0 Å². The molecule has 3 aliphatic rings. The first-order valence-corrected chi connectivity index (χ1v) is 12.2. The summed E-state index contributed by atoms with van der Waals surface area (Å²) in [7, 11) is 0. The third-order valence-corrected chi connectivity index (χ3v) is 7.03. The van der Waals surface area contributed by atoms with E-state index in [1.807, 2.05) is 4.90 Å². The molecular formula is C27H31N3O4. The minimum absolute atomic E-state index is 0.0854. The molecule has 3 heterocycles. The zero-order valence-electron chi connectivity index (χ0n) is 19.7. The van der Waals surface area contributed by atoms with Crippen molar-refractivity contribution in [3.63, 3.8) is 0 Å². The van der Waals surface area contributed by atoms with Crippen LogP contribution in [-0.2, 0) is 11.3 Å². The maximum Gasteiger partial charge on any atom is 0.261 e. The molecule has 3 amide bonds. The summed E-state index contributed by atoms with van der Waals surface area (Å²) in [5.41, 5.74) is 3.69. The van der Waals surface area contributed by atoms with Gasteiger partial charge in [0.1, 0.15) is 0 Å². The summed E-state index contributed by atoms with van der Waals surface area (Å²) in [5, 5.41) is 0. The number of carbonyl (C=O) groups is 3. The Balaban J connectivity index is 1.24. The monoisotopic (exact) mass is 461 g/mol. The molecule has 2 aromatic rings. The van der Waals surface area contributed by atoms with Crippen molar-refractivity contribution in [1.82, 2.24) is 14.7 Å². The molecule has 7 nitrogen and oxygen atoms in total. The highest BCUT2D eigenvalue weighted by molar-refractivity contribution is 6.22. The zero-order valence-corrected chi connectivity index (χ0v) is 19.7. The van der Waals surface area contributed by atoms with E-state index in [0.717, 1.165) is 38.9 Å². The smallest absolute Gasteiger partial charge is 0.261 e. The van der Waals surface area contributed by atoms with Crippen LogP contribution < -0.4 is 0 Å². The van der Waals surface area contributed by atoms with Crippen LogP contribution in [0.1, 0.15) is 61.5 Å². The second-order valence-electron chi connectivity index (χ2n) is 9.52. The lowest BCUT2D eigenvalue weighted by Crippen LogP contribution is -2.36. The van der Waals surface area contributed by atoms with Crippen molar-refractivity contribution >= 4 is 17.7 Å². The normalized spacial score (nSPS) is 21.1. The lowest BCUT2D eigenvalue weighted by atomic mass is 10.0. The summed E-state index contributed by atoms with van der Waals surface area (Å²) in [4.78, 5) is 44.5.